The topological polar surface area (TPSA) is 99.2 Å². The van der Waals surface area contributed by atoms with Gasteiger partial charge in [-0.3, -0.25) is 14.3 Å². The molecular weight excluding hydrogens is 344 g/mol. The number of hydrogen-bond acceptors (Lipinski definition) is 5. The Morgan fingerprint density at radius 3 is 2.85 bits per heavy atom. The van der Waals surface area contributed by atoms with Gasteiger partial charge in [0, 0.05) is 23.3 Å². The lowest BCUT2D eigenvalue weighted by Gasteiger charge is -2.07. The van der Waals surface area contributed by atoms with Gasteiger partial charge in [0.25, 0.3) is 5.91 Å². The molecule has 2 heterocycles. The van der Waals surface area contributed by atoms with Crippen LogP contribution in [0.5, 0.6) is 0 Å². The summed E-state index contributed by atoms with van der Waals surface area (Å²) in [6, 6.07) is 11.1. The second-order valence-corrected chi connectivity index (χ2v) is 6.00. The second kappa shape index (κ2) is 8.46. The third-order valence-corrected chi connectivity index (χ3v) is 4.18. The lowest BCUT2D eigenvalue weighted by molar-refractivity contribution is 0.0964. The highest BCUT2D eigenvalue weighted by Crippen LogP contribution is 2.22. The fraction of sp³-hybridized carbons (Fsp3) is 0.250. The first-order valence-electron chi connectivity index (χ1n) is 8.83. The van der Waals surface area contributed by atoms with E-state index in [9.17, 15) is 9.59 Å². The van der Waals surface area contributed by atoms with E-state index in [0.717, 1.165) is 16.5 Å². The molecule has 3 N–H and O–H groups in total. The summed E-state index contributed by atoms with van der Waals surface area (Å²) in [4.78, 5) is 28.7. The average molecular weight is 366 g/mol. The van der Waals surface area contributed by atoms with Crippen LogP contribution < -0.4 is 11.1 Å². The van der Waals surface area contributed by atoms with Crippen molar-refractivity contribution < 1.29 is 14.3 Å². The number of carbonyl (C=O) groups is 2. The van der Waals surface area contributed by atoms with Crippen molar-refractivity contribution in [2.75, 3.05) is 13.2 Å². The minimum absolute atomic E-state index is 0.158. The zero-order valence-corrected chi connectivity index (χ0v) is 15.1. The van der Waals surface area contributed by atoms with Gasteiger partial charge in [-0.05, 0) is 43.7 Å². The van der Waals surface area contributed by atoms with Crippen molar-refractivity contribution in [3.05, 3.63) is 65.6 Å². The number of pyridine rings is 1. The van der Waals surface area contributed by atoms with Crippen LogP contribution in [0.2, 0.25) is 0 Å². The Bertz CT molecular complexity index is 965. The van der Waals surface area contributed by atoms with Crippen LogP contribution in [0, 0.1) is 0 Å². The maximum atomic E-state index is 13.1. The molecule has 7 nitrogen and oxygen atoms in total. The average Bonchev–Trinajstić information content (AvgIpc) is 3.05. The largest absolute Gasteiger partial charge is 0.450 e. The standard InChI is InChI=1S/C20H22N4O3/c1-2-27-20(26)23-12-16-11-14(8-10-22-16)19(25)24-13-15(7-9-21)17-5-3-4-6-18(17)24/h3-6,8,10-11,13H,2,7,9,12,21H2,1H3,(H,23,26). The monoisotopic (exact) mass is 366 g/mol. The Morgan fingerprint density at radius 1 is 1.26 bits per heavy atom. The van der Waals surface area contributed by atoms with Gasteiger partial charge in [-0.1, -0.05) is 18.2 Å². The maximum absolute atomic E-state index is 13.1. The van der Waals surface area contributed by atoms with Crippen LogP contribution in [-0.2, 0) is 17.7 Å². The minimum atomic E-state index is -0.515. The van der Waals surface area contributed by atoms with Crippen molar-refractivity contribution in [2.24, 2.45) is 5.73 Å². The molecule has 0 aliphatic heterocycles. The smallest absolute Gasteiger partial charge is 0.407 e. The zero-order valence-electron chi connectivity index (χ0n) is 15.1. The maximum Gasteiger partial charge on any atom is 0.407 e. The van der Waals surface area contributed by atoms with Gasteiger partial charge in [-0.15, -0.1) is 0 Å². The van der Waals surface area contributed by atoms with Gasteiger partial charge in [0.05, 0.1) is 24.4 Å². The van der Waals surface area contributed by atoms with E-state index in [1.165, 1.54) is 0 Å². The third-order valence-electron chi connectivity index (χ3n) is 4.18. The van der Waals surface area contributed by atoms with Gasteiger partial charge < -0.3 is 15.8 Å². The van der Waals surface area contributed by atoms with Gasteiger partial charge >= 0.3 is 6.09 Å². The summed E-state index contributed by atoms with van der Waals surface area (Å²) in [7, 11) is 0. The Labute approximate surface area is 157 Å². The number of ether oxygens (including phenoxy) is 1. The summed E-state index contributed by atoms with van der Waals surface area (Å²) >= 11 is 0. The van der Waals surface area contributed by atoms with E-state index in [0.29, 0.717) is 30.8 Å². The van der Waals surface area contributed by atoms with Crippen molar-refractivity contribution in [3.8, 4) is 0 Å². The molecule has 0 aliphatic rings. The number of nitrogens with zero attached hydrogens (tertiary/aromatic N) is 2. The number of amides is 1. The van der Waals surface area contributed by atoms with E-state index < -0.39 is 6.09 Å². The Balaban J connectivity index is 1.87. The van der Waals surface area contributed by atoms with Gasteiger partial charge in [0.1, 0.15) is 0 Å². The normalized spacial score (nSPS) is 10.7. The van der Waals surface area contributed by atoms with Crippen LogP contribution in [0.3, 0.4) is 0 Å². The van der Waals surface area contributed by atoms with Gasteiger partial charge in [-0.2, -0.15) is 0 Å². The molecule has 0 saturated carbocycles. The highest BCUT2D eigenvalue weighted by atomic mass is 16.5. The summed E-state index contributed by atoms with van der Waals surface area (Å²) < 4.78 is 6.46. The van der Waals surface area contributed by atoms with E-state index in [1.54, 1.807) is 29.8 Å². The molecule has 0 aliphatic carbocycles. The van der Waals surface area contributed by atoms with Crippen LogP contribution >= 0.6 is 0 Å². The fourth-order valence-corrected chi connectivity index (χ4v) is 2.96. The molecule has 1 amide bonds. The highest BCUT2D eigenvalue weighted by Gasteiger charge is 2.15. The number of fused-ring (bicyclic) bond motifs is 1. The van der Waals surface area contributed by atoms with Crippen molar-refractivity contribution in [1.29, 1.82) is 0 Å². The first kappa shape index (κ1) is 18.6. The first-order chi connectivity index (χ1) is 13.1. The lowest BCUT2D eigenvalue weighted by Crippen LogP contribution is -2.24. The van der Waals surface area contributed by atoms with E-state index in [-0.39, 0.29) is 12.5 Å². The number of carbonyl (C=O) groups excluding carboxylic acids is 2. The molecular formula is C20H22N4O3. The number of benzene rings is 1. The van der Waals surface area contributed by atoms with Gasteiger partial charge in [-0.25, -0.2) is 4.79 Å². The predicted molar refractivity (Wildman–Crippen MR) is 103 cm³/mol. The van der Waals surface area contributed by atoms with Gasteiger partial charge in [0.15, 0.2) is 0 Å². The van der Waals surface area contributed by atoms with Gasteiger partial charge in [0.2, 0.25) is 0 Å². The van der Waals surface area contributed by atoms with E-state index in [1.807, 2.05) is 30.5 Å². The molecule has 1 aromatic carbocycles. The summed E-state index contributed by atoms with van der Waals surface area (Å²) in [6.07, 6.45) is 3.59. The summed E-state index contributed by atoms with van der Waals surface area (Å²) in [6.45, 7) is 2.73. The first-order valence-corrected chi connectivity index (χ1v) is 8.83. The van der Waals surface area contributed by atoms with Crippen molar-refractivity contribution in [2.45, 2.75) is 19.9 Å². The fourth-order valence-electron chi connectivity index (χ4n) is 2.96. The molecule has 0 fully saturated rings. The molecule has 0 spiro atoms. The molecule has 7 heteroatoms. The number of para-hydroxylation sites is 1. The molecule has 3 rings (SSSR count). The quantitative estimate of drug-likeness (QED) is 0.698. The summed E-state index contributed by atoms with van der Waals surface area (Å²) in [5.74, 6) is -0.158. The van der Waals surface area contributed by atoms with E-state index in [4.69, 9.17) is 10.5 Å². The number of hydrogen-bond donors (Lipinski definition) is 2. The second-order valence-electron chi connectivity index (χ2n) is 6.00. The molecule has 0 unspecified atom stereocenters. The molecule has 0 radical (unpaired) electrons. The Hall–Kier alpha value is -3.19. The summed E-state index contributed by atoms with van der Waals surface area (Å²) in [5.41, 5.74) is 8.65. The van der Waals surface area contributed by atoms with Crippen molar-refractivity contribution in [1.82, 2.24) is 14.9 Å². The van der Waals surface area contributed by atoms with Crippen LogP contribution in [0.4, 0.5) is 4.79 Å². The van der Waals surface area contributed by atoms with Crippen molar-refractivity contribution >= 4 is 22.9 Å². The molecule has 140 valence electrons. The molecule has 0 atom stereocenters. The van der Waals surface area contributed by atoms with Crippen LogP contribution in [0.25, 0.3) is 10.9 Å². The lowest BCUT2D eigenvalue weighted by atomic mass is 10.1. The zero-order chi connectivity index (χ0) is 19.2. The molecule has 27 heavy (non-hydrogen) atoms. The molecule has 0 saturated heterocycles. The highest BCUT2D eigenvalue weighted by molar-refractivity contribution is 6.03. The van der Waals surface area contributed by atoms with Crippen molar-refractivity contribution in [3.63, 3.8) is 0 Å². The number of nitrogens with two attached hydrogens (primary N) is 1. The number of aromatic nitrogens is 2. The third kappa shape index (κ3) is 4.15. The molecule has 2 aromatic heterocycles. The van der Waals surface area contributed by atoms with E-state index >= 15 is 0 Å². The summed E-state index contributed by atoms with van der Waals surface area (Å²) in [5, 5.41) is 3.62. The van der Waals surface area contributed by atoms with E-state index in [2.05, 4.69) is 10.3 Å². The predicted octanol–water partition coefficient (Wildman–Crippen LogP) is 2.47. The number of nitrogens with one attached hydrogen (secondary N) is 1. The number of alkyl carbamates (subject to hydrolysis) is 1. The number of rotatable bonds is 6. The minimum Gasteiger partial charge on any atom is -0.450 e. The van der Waals surface area contributed by atoms with Crippen LogP contribution in [0.15, 0.2) is 48.8 Å². The Kier molecular flexibility index (Phi) is 5.83. The SMILES string of the molecule is CCOC(=O)NCc1cc(C(=O)n2cc(CCN)c3ccccc32)ccn1. The van der Waals surface area contributed by atoms with Crippen LogP contribution in [0.1, 0.15) is 28.5 Å². The van der Waals surface area contributed by atoms with Crippen LogP contribution in [-0.4, -0.2) is 34.7 Å². The Morgan fingerprint density at radius 2 is 2.07 bits per heavy atom. The molecule has 0 bridgehead atoms. The molecule has 3 aromatic rings.